The van der Waals surface area contributed by atoms with Crippen LogP contribution in [-0.2, 0) is 0 Å². The van der Waals surface area contributed by atoms with Crippen LogP contribution in [0.5, 0.6) is 11.6 Å². The van der Waals surface area contributed by atoms with Crippen molar-refractivity contribution in [1.29, 1.82) is 0 Å². The van der Waals surface area contributed by atoms with E-state index >= 15 is 0 Å². The molecule has 1 amide bonds. The number of carbonyl (C=O) groups excluding carboxylic acids is 1. The van der Waals surface area contributed by atoms with E-state index in [1.165, 1.54) is 11.9 Å². The fraction of sp³-hybridized carbons (Fsp3) is 0.364. The molecule has 0 aliphatic carbocycles. The number of pyridine rings is 1. The highest BCUT2D eigenvalue weighted by Gasteiger charge is 2.29. The van der Waals surface area contributed by atoms with Gasteiger partial charge in [-0.2, -0.15) is 15.0 Å². The third-order valence-corrected chi connectivity index (χ3v) is 5.26. The number of methoxy groups -OCH3 is 1. The molecular weight excluding hydrogens is 398 g/mol. The molecule has 3 aromatic rings. The summed E-state index contributed by atoms with van der Waals surface area (Å²) in [4.78, 5) is 20.8. The molecule has 1 aliphatic rings. The highest BCUT2D eigenvalue weighted by atomic mass is 16.5. The molecular formula is C22H25N5O4. The predicted molar refractivity (Wildman–Crippen MR) is 112 cm³/mol. The third kappa shape index (κ3) is 4.36. The molecule has 162 valence electrons. The first-order chi connectivity index (χ1) is 15.1. The summed E-state index contributed by atoms with van der Waals surface area (Å²) in [5, 5.41) is 18.5. The number of hydrogen-bond acceptors (Lipinski definition) is 7. The average molecular weight is 423 g/mol. The van der Waals surface area contributed by atoms with Gasteiger partial charge in [-0.3, -0.25) is 4.79 Å². The molecule has 0 radical (unpaired) electrons. The van der Waals surface area contributed by atoms with Gasteiger partial charge in [-0.1, -0.05) is 12.1 Å². The van der Waals surface area contributed by atoms with E-state index in [0.29, 0.717) is 41.5 Å². The summed E-state index contributed by atoms with van der Waals surface area (Å²) >= 11 is 0. The summed E-state index contributed by atoms with van der Waals surface area (Å²) in [6, 6.07) is 8.96. The normalized spacial score (nSPS) is 17.3. The lowest BCUT2D eigenvalue weighted by Gasteiger charge is -2.33. The minimum absolute atomic E-state index is 0.101. The molecule has 1 N–H and O–H groups in total. The molecule has 1 aliphatic heterocycles. The van der Waals surface area contributed by atoms with Crippen molar-refractivity contribution in [2.24, 2.45) is 0 Å². The monoisotopic (exact) mass is 423 g/mol. The van der Waals surface area contributed by atoms with Gasteiger partial charge in [0.2, 0.25) is 5.88 Å². The first kappa shape index (κ1) is 20.8. The minimum Gasteiger partial charge on any atom is -0.496 e. The summed E-state index contributed by atoms with van der Waals surface area (Å²) in [6.45, 7) is 2.69. The Morgan fingerprint density at radius 1 is 1.19 bits per heavy atom. The average Bonchev–Trinajstić information content (AvgIpc) is 3.33. The van der Waals surface area contributed by atoms with E-state index in [2.05, 4.69) is 15.2 Å². The van der Waals surface area contributed by atoms with Crippen molar-refractivity contribution in [2.75, 3.05) is 20.2 Å². The second kappa shape index (κ2) is 9.13. The molecule has 1 saturated heterocycles. The zero-order valence-corrected chi connectivity index (χ0v) is 17.5. The SMILES string of the molecule is COc1ccnc(OC2CCCN(C(=O)c3ccccc3-n3nccn3)C2)c1C(C)O. The Balaban J connectivity index is 1.54. The van der Waals surface area contributed by atoms with Crippen LogP contribution in [0, 0.1) is 0 Å². The van der Waals surface area contributed by atoms with Gasteiger partial charge in [0, 0.05) is 12.7 Å². The van der Waals surface area contributed by atoms with Crippen molar-refractivity contribution in [1.82, 2.24) is 24.9 Å². The van der Waals surface area contributed by atoms with E-state index in [1.807, 2.05) is 18.2 Å². The molecule has 0 saturated carbocycles. The molecule has 9 heteroatoms. The van der Waals surface area contributed by atoms with Gasteiger partial charge in [-0.25, -0.2) is 4.98 Å². The van der Waals surface area contributed by atoms with Crippen LogP contribution in [0.1, 0.15) is 41.8 Å². The lowest BCUT2D eigenvalue weighted by molar-refractivity contribution is 0.0515. The Morgan fingerprint density at radius 2 is 1.97 bits per heavy atom. The Hall–Kier alpha value is -3.46. The lowest BCUT2D eigenvalue weighted by atomic mass is 10.1. The Labute approximate surface area is 180 Å². The summed E-state index contributed by atoms with van der Waals surface area (Å²) in [6.07, 6.45) is 5.27. The molecule has 1 fully saturated rings. The molecule has 0 spiro atoms. The number of hydrogen-bond donors (Lipinski definition) is 1. The van der Waals surface area contributed by atoms with Crippen LogP contribution in [0.2, 0.25) is 0 Å². The largest absolute Gasteiger partial charge is 0.496 e. The van der Waals surface area contributed by atoms with Crippen molar-refractivity contribution in [2.45, 2.75) is 32.0 Å². The Kier molecular flexibility index (Phi) is 6.13. The van der Waals surface area contributed by atoms with Crippen LogP contribution in [0.15, 0.2) is 48.9 Å². The fourth-order valence-electron chi connectivity index (χ4n) is 3.81. The number of piperidine rings is 1. The second-order valence-electron chi connectivity index (χ2n) is 7.38. The van der Waals surface area contributed by atoms with E-state index in [4.69, 9.17) is 9.47 Å². The number of likely N-dealkylation sites (tertiary alicyclic amines) is 1. The molecule has 1 aromatic carbocycles. The standard InChI is InChI=1S/C22H25N5O4/c1-15(28)20-19(30-2)9-10-23-21(20)31-16-6-5-13-26(14-16)22(29)17-7-3-4-8-18(17)27-24-11-12-25-27/h3-4,7-12,15-16,28H,5-6,13-14H2,1-2H3. The maximum atomic E-state index is 13.3. The molecule has 0 bridgehead atoms. The van der Waals surface area contributed by atoms with Crippen molar-refractivity contribution >= 4 is 5.91 Å². The van der Waals surface area contributed by atoms with Crippen LogP contribution < -0.4 is 9.47 Å². The molecule has 3 heterocycles. The summed E-state index contributed by atoms with van der Waals surface area (Å²) in [7, 11) is 1.54. The molecule has 2 aromatic heterocycles. The topological polar surface area (TPSA) is 103 Å². The fourth-order valence-corrected chi connectivity index (χ4v) is 3.81. The van der Waals surface area contributed by atoms with Gasteiger partial charge < -0.3 is 19.5 Å². The number of amides is 1. The minimum atomic E-state index is -0.798. The quantitative estimate of drug-likeness (QED) is 0.649. The van der Waals surface area contributed by atoms with Crippen LogP contribution in [0.3, 0.4) is 0 Å². The molecule has 2 atom stereocenters. The van der Waals surface area contributed by atoms with Gasteiger partial charge >= 0.3 is 0 Å². The number of benzene rings is 1. The predicted octanol–water partition coefficient (Wildman–Crippen LogP) is 2.41. The number of rotatable bonds is 6. The van der Waals surface area contributed by atoms with Crippen molar-refractivity contribution in [3.05, 3.63) is 60.0 Å². The van der Waals surface area contributed by atoms with E-state index in [-0.39, 0.29) is 12.0 Å². The molecule has 31 heavy (non-hydrogen) atoms. The van der Waals surface area contributed by atoms with Crippen molar-refractivity contribution in [3.8, 4) is 17.3 Å². The first-order valence-corrected chi connectivity index (χ1v) is 10.2. The number of aromatic nitrogens is 4. The van der Waals surface area contributed by atoms with Gasteiger partial charge in [-0.15, -0.1) is 0 Å². The van der Waals surface area contributed by atoms with E-state index in [9.17, 15) is 9.90 Å². The van der Waals surface area contributed by atoms with Gasteiger partial charge in [0.05, 0.1) is 49.0 Å². The van der Waals surface area contributed by atoms with Crippen LogP contribution >= 0.6 is 0 Å². The zero-order chi connectivity index (χ0) is 21.8. The molecule has 4 rings (SSSR count). The number of aliphatic hydroxyl groups is 1. The van der Waals surface area contributed by atoms with Crippen molar-refractivity contribution in [3.63, 3.8) is 0 Å². The third-order valence-electron chi connectivity index (χ3n) is 5.26. The number of ether oxygens (including phenoxy) is 2. The van der Waals surface area contributed by atoms with Gasteiger partial charge in [-0.05, 0) is 38.0 Å². The van der Waals surface area contributed by atoms with E-state index in [0.717, 1.165) is 12.8 Å². The highest BCUT2D eigenvalue weighted by Crippen LogP contribution is 2.33. The zero-order valence-electron chi connectivity index (χ0n) is 17.5. The maximum absolute atomic E-state index is 13.3. The Bertz CT molecular complexity index is 1040. The van der Waals surface area contributed by atoms with E-state index in [1.54, 1.807) is 42.5 Å². The number of carbonyl (C=O) groups is 1. The van der Waals surface area contributed by atoms with E-state index < -0.39 is 6.10 Å². The molecule has 9 nitrogen and oxygen atoms in total. The summed E-state index contributed by atoms with van der Waals surface area (Å²) < 4.78 is 11.5. The number of aliphatic hydroxyl groups excluding tert-OH is 1. The van der Waals surface area contributed by atoms with Crippen LogP contribution in [0.4, 0.5) is 0 Å². The lowest BCUT2D eigenvalue weighted by Crippen LogP contribution is -2.44. The van der Waals surface area contributed by atoms with Gasteiger partial charge in [0.15, 0.2) is 0 Å². The van der Waals surface area contributed by atoms with Gasteiger partial charge in [0.25, 0.3) is 5.91 Å². The van der Waals surface area contributed by atoms with Gasteiger partial charge in [0.1, 0.15) is 11.9 Å². The highest BCUT2D eigenvalue weighted by molar-refractivity contribution is 5.97. The maximum Gasteiger partial charge on any atom is 0.256 e. The number of para-hydroxylation sites is 1. The molecule has 2 unspecified atom stereocenters. The number of nitrogens with zero attached hydrogens (tertiary/aromatic N) is 5. The smallest absolute Gasteiger partial charge is 0.256 e. The van der Waals surface area contributed by atoms with Crippen LogP contribution in [0.25, 0.3) is 5.69 Å². The van der Waals surface area contributed by atoms with Crippen LogP contribution in [-0.4, -0.2) is 62.2 Å². The second-order valence-corrected chi connectivity index (χ2v) is 7.38. The first-order valence-electron chi connectivity index (χ1n) is 10.2. The summed E-state index contributed by atoms with van der Waals surface area (Å²) in [5.74, 6) is 0.745. The Morgan fingerprint density at radius 3 is 2.71 bits per heavy atom. The van der Waals surface area contributed by atoms with Crippen molar-refractivity contribution < 1.29 is 19.4 Å². The summed E-state index contributed by atoms with van der Waals surface area (Å²) in [5.41, 5.74) is 1.67.